The Balaban J connectivity index is 3.39. The first-order chi connectivity index (χ1) is 6.11. The molecule has 13 heavy (non-hydrogen) atoms. The number of halogens is 2. The molecule has 0 aliphatic heterocycles. The van der Waals surface area contributed by atoms with Crippen molar-refractivity contribution < 1.29 is 9.13 Å². The van der Waals surface area contributed by atoms with Crippen LogP contribution in [-0.4, -0.2) is 13.4 Å². The summed E-state index contributed by atoms with van der Waals surface area (Å²) in [5.41, 5.74) is 0.823. The van der Waals surface area contributed by atoms with Crippen molar-refractivity contribution in [2.24, 2.45) is 0 Å². The molecule has 0 unspecified atom stereocenters. The molecule has 0 N–H and O–H groups in total. The van der Waals surface area contributed by atoms with Gasteiger partial charge >= 0.3 is 0 Å². The molecule has 4 heteroatoms. The summed E-state index contributed by atoms with van der Waals surface area (Å²) in [7, 11) is 1.41. The maximum absolute atomic E-state index is 13.5. The Kier molecular flexibility index (Phi) is 3.45. The number of benzene rings is 1. The Hall–Kier alpha value is -0.410. The van der Waals surface area contributed by atoms with Crippen LogP contribution in [0.1, 0.15) is 5.56 Å². The van der Waals surface area contributed by atoms with Crippen molar-refractivity contribution in [3.63, 3.8) is 0 Å². The molecule has 0 spiro atoms. The van der Waals surface area contributed by atoms with Gasteiger partial charge in [0, 0.05) is 4.90 Å². The van der Waals surface area contributed by atoms with Crippen molar-refractivity contribution in [2.45, 2.75) is 11.8 Å². The van der Waals surface area contributed by atoms with Crippen LogP contribution in [0.5, 0.6) is 5.75 Å². The van der Waals surface area contributed by atoms with E-state index in [9.17, 15) is 4.39 Å². The maximum Gasteiger partial charge on any atom is 0.180 e. The average molecular weight is 221 g/mol. The zero-order valence-electron chi connectivity index (χ0n) is 7.65. The van der Waals surface area contributed by atoms with Gasteiger partial charge in [-0.2, -0.15) is 0 Å². The normalized spacial score (nSPS) is 10.2. The van der Waals surface area contributed by atoms with Gasteiger partial charge in [0.05, 0.1) is 12.1 Å². The predicted molar refractivity (Wildman–Crippen MR) is 54.5 cm³/mol. The molecule has 0 saturated heterocycles. The van der Waals surface area contributed by atoms with Crippen LogP contribution in [0.15, 0.2) is 11.0 Å². The SMILES string of the molecule is COc1c(F)c(SC)cc(C)c1Cl. The first kappa shape index (κ1) is 10.7. The Morgan fingerprint density at radius 1 is 1.54 bits per heavy atom. The highest BCUT2D eigenvalue weighted by molar-refractivity contribution is 7.98. The standard InChI is InChI=1S/C9H10ClFOS/c1-5-4-6(13-3)8(11)9(12-2)7(5)10/h4H,1-3H3. The second kappa shape index (κ2) is 4.20. The highest BCUT2D eigenvalue weighted by atomic mass is 35.5. The summed E-state index contributed by atoms with van der Waals surface area (Å²) < 4.78 is 18.4. The topological polar surface area (TPSA) is 9.23 Å². The van der Waals surface area contributed by atoms with Crippen LogP contribution < -0.4 is 4.74 Å². The Bertz CT molecular complexity index is 328. The van der Waals surface area contributed by atoms with E-state index < -0.39 is 0 Å². The van der Waals surface area contributed by atoms with Crippen LogP contribution in [-0.2, 0) is 0 Å². The molecule has 0 aromatic heterocycles. The van der Waals surface area contributed by atoms with Crippen molar-refractivity contribution in [3.05, 3.63) is 22.5 Å². The largest absolute Gasteiger partial charge is 0.492 e. The van der Waals surface area contributed by atoms with E-state index in [2.05, 4.69) is 0 Å². The zero-order chi connectivity index (χ0) is 10.0. The maximum atomic E-state index is 13.5. The average Bonchev–Trinajstić information content (AvgIpc) is 2.12. The molecule has 1 nitrogen and oxygen atoms in total. The number of ether oxygens (including phenoxy) is 1. The second-order valence-corrected chi connectivity index (χ2v) is 3.78. The molecule has 0 atom stereocenters. The first-order valence-corrected chi connectivity index (χ1v) is 5.28. The van der Waals surface area contributed by atoms with Gasteiger partial charge in [-0.05, 0) is 24.8 Å². The zero-order valence-corrected chi connectivity index (χ0v) is 9.22. The lowest BCUT2D eigenvalue weighted by atomic mass is 10.2. The Morgan fingerprint density at radius 2 is 2.15 bits per heavy atom. The smallest absolute Gasteiger partial charge is 0.180 e. The summed E-state index contributed by atoms with van der Waals surface area (Å²) in [4.78, 5) is 0.554. The highest BCUT2D eigenvalue weighted by Gasteiger charge is 2.14. The monoisotopic (exact) mass is 220 g/mol. The predicted octanol–water partition coefficient (Wildman–Crippen LogP) is 3.52. The van der Waals surface area contributed by atoms with Gasteiger partial charge in [-0.25, -0.2) is 4.39 Å². The Morgan fingerprint density at radius 3 is 2.62 bits per heavy atom. The van der Waals surface area contributed by atoms with Gasteiger partial charge in [-0.15, -0.1) is 11.8 Å². The molecule has 0 bridgehead atoms. The van der Waals surface area contributed by atoms with Crippen molar-refractivity contribution in [3.8, 4) is 5.75 Å². The van der Waals surface area contributed by atoms with E-state index in [4.69, 9.17) is 16.3 Å². The number of hydrogen-bond donors (Lipinski definition) is 0. The molecular formula is C9H10ClFOS. The molecule has 0 radical (unpaired) electrons. The van der Waals surface area contributed by atoms with Crippen molar-refractivity contribution in [1.29, 1.82) is 0 Å². The summed E-state index contributed by atoms with van der Waals surface area (Å²) >= 11 is 7.19. The summed E-state index contributed by atoms with van der Waals surface area (Å²) in [6.45, 7) is 1.82. The van der Waals surface area contributed by atoms with Gasteiger partial charge in [0.2, 0.25) is 0 Å². The van der Waals surface area contributed by atoms with Crippen LogP contribution in [0.2, 0.25) is 5.02 Å². The molecular weight excluding hydrogens is 211 g/mol. The summed E-state index contributed by atoms with van der Waals surface area (Å²) in [6, 6.07) is 1.71. The van der Waals surface area contributed by atoms with Gasteiger partial charge in [0.15, 0.2) is 11.6 Å². The number of methoxy groups -OCH3 is 1. The Labute approximate surface area is 86.2 Å². The second-order valence-electron chi connectivity index (χ2n) is 2.56. The van der Waals surface area contributed by atoms with Gasteiger partial charge in [-0.1, -0.05) is 11.6 Å². The van der Waals surface area contributed by atoms with E-state index in [1.807, 2.05) is 13.2 Å². The van der Waals surface area contributed by atoms with Crippen molar-refractivity contribution in [2.75, 3.05) is 13.4 Å². The minimum atomic E-state index is -0.384. The van der Waals surface area contributed by atoms with Gasteiger partial charge in [-0.3, -0.25) is 0 Å². The molecule has 0 heterocycles. The fraction of sp³-hybridized carbons (Fsp3) is 0.333. The van der Waals surface area contributed by atoms with E-state index in [-0.39, 0.29) is 11.6 Å². The van der Waals surface area contributed by atoms with E-state index in [1.165, 1.54) is 18.9 Å². The third-order valence-corrected chi connectivity index (χ3v) is 2.94. The molecule has 1 aromatic rings. The molecule has 0 saturated carbocycles. The minimum Gasteiger partial charge on any atom is -0.492 e. The summed E-state index contributed by atoms with van der Waals surface area (Å²) in [6.07, 6.45) is 1.81. The number of rotatable bonds is 2. The highest BCUT2D eigenvalue weighted by Crippen LogP contribution is 2.36. The minimum absolute atomic E-state index is 0.131. The molecule has 0 aliphatic carbocycles. The van der Waals surface area contributed by atoms with Gasteiger partial charge in [0.1, 0.15) is 0 Å². The third kappa shape index (κ3) is 1.92. The molecule has 0 aliphatic rings. The quantitative estimate of drug-likeness (QED) is 0.706. The van der Waals surface area contributed by atoms with Crippen LogP contribution in [0.3, 0.4) is 0 Å². The molecule has 72 valence electrons. The molecule has 1 rings (SSSR count). The third-order valence-electron chi connectivity index (χ3n) is 1.73. The van der Waals surface area contributed by atoms with Crippen LogP contribution in [0.25, 0.3) is 0 Å². The fourth-order valence-electron chi connectivity index (χ4n) is 1.04. The lowest BCUT2D eigenvalue weighted by Crippen LogP contribution is -1.93. The number of hydrogen-bond acceptors (Lipinski definition) is 2. The molecule has 1 aromatic carbocycles. The van der Waals surface area contributed by atoms with E-state index >= 15 is 0 Å². The molecule has 0 fully saturated rings. The van der Waals surface area contributed by atoms with Gasteiger partial charge < -0.3 is 4.74 Å². The van der Waals surface area contributed by atoms with Crippen LogP contribution in [0, 0.1) is 12.7 Å². The number of aryl methyl sites for hydroxylation is 1. The summed E-state index contributed by atoms with van der Waals surface area (Å²) in [5, 5.41) is 0.345. The van der Waals surface area contributed by atoms with Crippen LogP contribution in [0.4, 0.5) is 4.39 Å². The lowest BCUT2D eigenvalue weighted by Gasteiger charge is -2.09. The van der Waals surface area contributed by atoms with E-state index in [1.54, 1.807) is 6.07 Å². The van der Waals surface area contributed by atoms with Gasteiger partial charge in [0.25, 0.3) is 0 Å². The van der Waals surface area contributed by atoms with Crippen molar-refractivity contribution in [1.82, 2.24) is 0 Å². The summed E-state index contributed by atoms with van der Waals surface area (Å²) in [5.74, 6) is -0.253. The lowest BCUT2D eigenvalue weighted by molar-refractivity contribution is 0.381. The fourth-order valence-corrected chi connectivity index (χ4v) is 1.82. The molecule has 0 amide bonds. The van der Waals surface area contributed by atoms with E-state index in [0.29, 0.717) is 9.92 Å². The van der Waals surface area contributed by atoms with Crippen LogP contribution >= 0.6 is 23.4 Å². The first-order valence-electron chi connectivity index (χ1n) is 3.68. The van der Waals surface area contributed by atoms with E-state index in [0.717, 1.165) is 5.56 Å². The number of thioether (sulfide) groups is 1. The van der Waals surface area contributed by atoms with Crippen molar-refractivity contribution >= 4 is 23.4 Å².